The summed E-state index contributed by atoms with van der Waals surface area (Å²) >= 11 is 3.50. The number of hydrogen-bond donors (Lipinski definition) is 1. The number of thiophene rings is 1. The Kier molecular flexibility index (Phi) is 7.56. The zero-order valence-corrected chi connectivity index (χ0v) is 18.4. The summed E-state index contributed by atoms with van der Waals surface area (Å²) in [5, 5.41) is 7.21. The number of rotatable bonds is 8. The number of benzene rings is 1. The van der Waals surface area contributed by atoms with Gasteiger partial charge in [-0.2, -0.15) is 27.4 Å². The van der Waals surface area contributed by atoms with E-state index in [4.69, 9.17) is 0 Å². The number of aryl methyl sites for hydroxylation is 1. The Morgan fingerprint density at radius 1 is 1.21 bits per heavy atom. The van der Waals surface area contributed by atoms with Gasteiger partial charge in [-0.25, -0.2) is 8.42 Å². The average Bonchev–Trinajstić information content (AvgIpc) is 3.21. The highest BCUT2D eigenvalue weighted by Gasteiger charge is 2.31. The van der Waals surface area contributed by atoms with Crippen LogP contribution < -0.4 is 5.32 Å². The summed E-state index contributed by atoms with van der Waals surface area (Å²) in [6.45, 7) is 3.36. The molecule has 0 radical (unpaired) electrons. The molecule has 0 unspecified atom stereocenters. The topological polar surface area (TPSA) is 66.5 Å². The van der Waals surface area contributed by atoms with Crippen molar-refractivity contribution in [1.82, 2.24) is 9.62 Å². The molecule has 1 aliphatic heterocycles. The number of thioether (sulfide) groups is 1. The second kappa shape index (κ2) is 9.91. The minimum atomic E-state index is -3.47. The number of hydrogen-bond acceptors (Lipinski definition) is 5. The molecular formula is C20H26N2O3S3. The quantitative estimate of drug-likeness (QED) is 0.641. The smallest absolute Gasteiger partial charge is 0.243 e. The maximum atomic E-state index is 12.7. The van der Waals surface area contributed by atoms with Gasteiger partial charge in [0.25, 0.3) is 0 Å². The lowest BCUT2D eigenvalue weighted by Gasteiger charge is -2.30. The van der Waals surface area contributed by atoms with E-state index < -0.39 is 10.0 Å². The average molecular weight is 439 g/mol. The number of sulfonamides is 1. The van der Waals surface area contributed by atoms with E-state index in [1.54, 1.807) is 35.2 Å². The first kappa shape index (κ1) is 21.4. The van der Waals surface area contributed by atoms with E-state index in [1.165, 1.54) is 9.87 Å². The standard InChI is InChI=1S/C20H26N2O3S3/c1-16-2-4-19(5-3-16)28(24,25)22-10-6-18(7-11-22)20(23)21-9-13-27-15-17-8-12-26-14-17/h2-5,8,12,14,18H,6-7,9-11,13,15H2,1H3,(H,21,23). The molecular weight excluding hydrogens is 412 g/mol. The molecule has 3 rings (SSSR count). The van der Waals surface area contributed by atoms with E-state index in [0.717, 1.165) is 17.1 Å². The van der Waals surface area contributed by atoms with Crippen molar-refractivity contribution in [3.05, 3.63) is 52.2 Å². The normalized spacial score (nSPS) is 16.2. The summed E-state index contributed by atoms with van der Waals surface area (Å²) in [6, 6.07) is 9.04. The van der Waals surface area contributed by atoms with Gasteiger partial charge in [-0.3, -0.25) is 4.79 Å². The molecule has 2 heterocycles. The fourth-order valence-electron chi connectivity index (χ4n) is 3.17. The molecule has 2 aromatic rings. The van der Waals surface area contributed by atoms with Crippen molar-refractivity contribution in [3.63, 3.8) is 0 Å². The minimum Gasteiger partial charge on any atom is -0.355 e. The first-order chi connectivity index (χ1) is 13.5. The van der Waals surface area contributed by atoms with Gasteiger partial charge in [0.05, 0.1) is 4.90 Å². The van der Waals surface area contributed by atoms with E-state index in [-0.39, 0.29) is 11.8 Å². The van der Waals surface area contributed by atoms with Crippen LogP contribution in [-0.4, -0.2) is 44.0 Å². The van der Waals surface area contributed by atoms with Gasteiger partial charge in [-0.15, -0.1) is 0 Å². The number of nitrogens with one attached hydrogen (secondary N) is 1. The van der Waals surface area contributed by atoms with Crippen molar-refractivity contribution in [3.8, 4) is 0 Å². The Balaban J connectivity index is 1.40. The van der Waals surface area contributed by atoms with Gasteiger partial charge < -0.3 is 5.32 Å². The van der Waals surface area contributed by atoms with Gasteiger partial charge in [0.2, 0.25) is 15.9 Å². The summed E-state index contributed by atoms with van der Waals surface area (Å²) in [7, 11) is -3.47. The van der Waals surface area contributed by atoms with Gasteiger partial charge in [0, 0.05) is 37.1 Å². The molecule has 1 saturated heterocycles. The van der Waals surface area contributed by atoms with Crippen LogP contribution in [0.5, 0.6) is 0 Å². The van der Waals surface area contributed by atoms with Gasteiger partial charge in [-0.05, 0) is 54.3 Å². The van der Waals surface area contributed by atoms with Crippen LogP contribution in [0.4, 0.5) is 0 Å². The largest absolute Gasteiger partial charge is 0.355 e. The van der Waals surface area contributed by atoms with Crippen molar-refractivity contribution in [2.24, 2.45) is 5.92 Å². The van der Waals surface area contributed by atoms with Crippen molar-refractivity contribution in [2.75, 3.05) is 25.4 Å². The Labute approximate surface area is 175 Å². The Morgan fingerprint density at radius 2 is 1.93 bits per heavy atom. The van der Waals surface area contributed by atoms with Gasteiger partial charge in [0.15, 0.2) is 0 Å². The molecule has 5 nitrogen and oxygen atoms in total. The lowest BCUT2D eigenvalue weighted by molar-refractivity contribution is -0.125. The lowest BCUT2D eigenvalue weighted by Crippen LogP contribution is -2.43. The highest BCUT2D eigenvalue weighted by atomic mass is 32.2. The van der Waals surface area contributed by atoms with Gasteiger partial charge in [-0.1, -0.05) is 17.7 Å². The van der Waals surface area contributed by atoms with Crippen LogP contribution in [0.15, 0.2) is 46.0 Å². The SMILES string of the molecule is Cc1ccc(S(=O)(=O)N2CCC(C(=O)NCCSCc3ccsc3)CC2)cc1. The van der Waals surface area contributed by atoms with Crippen LogP contribution in [-0.2, 0) is 20.6 Å². The molecule has 1 aromatic heterocycles. The second-order valence-corrected chi connectivity index (χ2v) is 10.8. The van der Waals surface area contributed by atoms with Crippen LogP contribution in [0, 0.1) is 12.8 Å². The first-order valence-corrected chi connectivity index (χ1v) is 12.9. The van der Waals surface area contributed by atoms with Crippen molar-refractivity contribution in [2.45, 2.75) is 30.4 Å². The van der Waals surface area contributed by atoms with Gasteiger partial charge >= 0.3 is 0 Å². The van der Waals surface area contributed by atoms with Crippen molar-refractivity contribution >= 4 is 39.0 Å². The molecule has 1 fully saturated rings. The molecule has 0 atom stereocenters. The molecule has 1 N–H and O–H groups in total. The molecule has 0 aliphatic carbocycles. The molecule has 8 heteroatoms. The molecule has 1 aromatic carbocycles. The number of amides is 1. The van der Waals surface area contributed by atoms with E-state index in [0.29, 0.717) is 37.4 Å². The summed E-state index contributed by atoms with van der Waals surface area (Å²) < 4.78 is 27.0. The molecule has 28 heavy (non-hydrogen) atoms. The number of nitrogens with zero attached hydrogens (tertiary/aromatic N) is 1. The minimum absolute atomic E-state index is 0.0449. The molecule has 1 aliphatic rings. The third kappa shape index (κ3) is 5.59. The Morgan fingerprint density at radius 3 is 2.57 bits per heavy atom. The monoisotopic (exact) mass is 438 g/mol. The maximum Gasteiger partial charge on any atom is 0.243 e. The van der Waals surface area contributed by atoms with E-state index in [2.05, 4.69) is 22.1 Å². The zero-order valence-electron chi connectivity index (χ0n) is 16.0. The molecule has 152 valence electrons. The summed E-state index contributed by atoms with van der Waals surface area (Å²) in [5.41, 5.74) is 2.35. The zero-order chi connectivity index (χ0) is 20.0. The Hall–Kier alpha value is -1.35. The molecule has 1 amide bonds. The van der Waals surface area contributed by atoms with Crippen LogP contribution >= 0.6 is 23.1 Å². The summed E-state index contributed by atoms with van der Waals surface area (Å²) in [6.07, 6.45) is 1.14. The third-order valence-electron chi connectivity index (χ3n) is 4.88. The van der Waals surface area contributed by atoms with Gasteiger partial charge in [0.1, 0.15) is 0 Å². The maximum absolute atomic E-state index is 12.7. The van der Waals surface area contributed by atoms with Crippen LogP contribution in [0.1, 0.15) is 24.0 Å². The van der Waals surface area contributed by atoms with E-state index in [9.17, 15) is 13.2 Å². The predicted molar refractivity (Wildman–Crippen MR) is 116 cm³/mol. The predicted octanol–water partition coefficient (Wildman–Crippen LogP) is 3.51. The van der Waals surface area contributed by atoms with Crippen molar-refractivity contribution < 1.29 is 13.2 Å². The molecule has 0 bridgehead atoms. The Bertz CT molecular complexity index is 857. The number of carbonyl (C=O) groups excluding carboxylic acids is 1. The molecule has 0 saturated carbocycles. The molecule has 0 spiro atoms. The van der Waals surface area contributed by atoms with Crippen LogP contribution in [0.2, 0.25) is 0 Å². The first-order valence-electron chi connectivity index (χ1n) is 9.40. The number of piperidine rings is 1. The highest BCUT2D eigenvalue weighted by molar-refractivity contribution is 7.98. The van der Waals surface area contributed by atoms with E-state index >= 15 is 0 Å². The summed E-state index contributed by atoms with van der Waals surface area (Å²) in [5.74, 6) is 1.78. The van der Waals surface area contributed by atoms with Crippen LogP contribution in [0.3, 0.4) is 0 Å². The summed E-state index contributed by atoms with van der Waals surface area (Å²) in [4.78, 5) is 12.7. The second-order valence-electron chi connectivity index (χ2n) is 6.97. The fraction of sp³-hybridized carbons (Fsp3) is 0.450. The van der Waals surface area contributed by atoms with E-state index in [1.807, 2.05) is 19.1 Å². The third-order valence-corrected chi connectivity index (χ3v) is 8.55. The highest BCUT2D eigenvalue weighted by Crippen LogP contribution is 2.24. The lowest BCUT2D eigenvalue weighted by atomic mass is 9.97. The fourth-order valence-corrected chi connectivity index (χ4v) is 6.22. The van der Waals surface area contributed by atoms with Crippen LogP contribution in [0.25, 0.3) is 0 Å². The number of carbonyl (C=O) groups is 1. The van der Waals surface area contributed by atoms with Crippen molar-refractivity contribution in [1.29, 1.82) is 0 Å².